The van der Waals surface area contributed by atoms with E-state index in [1.807, 2.05) is 27.7 Å². The highest BCUT2D eigenvalue weighted by Gasteiger charge is 2.68. The first-order valence-corrected chi connectivity index (χ1v) is 6.11. The number of Topliss-reactive ketones (excluding diaryl/α,β-unsaturated/α-hetero) is 1. The maximum absolute atomic E-state index is 13.9. The van der Waals surface area contributed by atoms with Gasteiger partial charge in [0.05, 0.1) is 5.56 Å². The van der Waals surface area contributed by atoms with Gasteiger partial charge in [-0.05, 0) is 29.4 Å². The third-order valence-corrected chi connectivity index (χ3v) is 4.81. The van der Waals surface area contributed by atoms with Gasteiger partial charge in [-0.2, -0.15) is 0 Å². The molecule has 0 amide bonds. The Morgan fingerprint density at radius 1 is 1.11 bits per heavy atom. The predicted octanol–water partition coefficient (Wildman–Crippen LogP) is 4.14. The van der Waals surface area contributed by atoms with E-state index < -0.39 is 17.4 Å². The molecule has 2 rings (SSSR count). The minimum absolute atomic E-state index is 0.216. The van der Waals surface area contributed by atoms with E-state index in [1.165, 1.54) is 13.0 Å². The van der Waals surface area contributed by atoms with Gasteiger partial charge in [0, 0.05) is 5.92 Å². The normalized spacial score (nSPS) is 20.8. The SMILES string of the molecule is Cc1ccc(F)c(C(=O)C2C(C)(C)C2(C)C)c1F. The Hall–Kier alpha value is -1.25. The molecule has 1 fully saturated rings. The van der Waals surface area contributed by atoms with Crippen LogP contribution in [0.5, 0.6) is 0 Å². The molecule has 0 N–H and O–H groups in total. The Labute approximate surface area is 106 Å². The van der Waals surface area contributed by atoms with Crippen LogP contribution >= 0.6 is 0 Å². The van der Waals surface area contributed by atoms with Crippen molar-refractivity contribution in [1.82, 2.24) is 0 Å². The van der Waals surface area contributed by atoms with Gasteiger partial charge in [-0.15, -0.1) is 0 Å². The first-order valence-electron chi connectivity index (χ1n) is 6.11. The van der Waals surface area contributed by atoms with Gasteiger partial charge in [-0.3, -0.25) is 4.79 Å². The van der Waals surface area contributed by atoms with Crippen molar-refractivity contribution in [1.29, 1.82) is 0 Å². The van der Waals surface area contributed by atoms with E-state index in [-0.39, 0.29) is 22.3 Å². The fourth-order valence-corrected chi connectivity index (χ4v) is 2.88. The third kappa shape index (κ3) is 1.53. The molecule has 1 saturated carbocycles. The zero-order chi connectivity index (χ0) is 13.9. The number of carbonyl (C=O) groups is 1. The van der Waals surface area contributed by atoms with E-state index in [9.17, 15) is 13.6 Å². The summed E-state index contributed by atoms with van der Waals surface area (Å²) < 4.78 is 27.7. The second-order valence-corrected chi connectivity index (χ2v) is 6.29. The smallest absolute Gasteiger partial charge is 0.172 e. The van der Waals surface area contributed by atoms with Gasteiger partial charge >= 0.3 is 0 Å². The molecule has 0 unspecified atom stereocenters. The number of benzene rings is 1. The van der Waals surface area contributed by atoms with Crippen LogP contribution in [0.15, 0.2) is 12.1 Å². The molecule has 0 heterocycles. The largest absolute Gasteiger partial charge is 0.294 e. The van der Waals surface area contributed by atoms with Crippen LogP contribution in [0.1, 0.15) is 43.6 Å². The van der Waals surface area contributed by atoms with Crippen LogP contribution in [-0.2, 0) is 0 Å². The Morgan fingerprint density at radius 2 is 1.61 bits per heavy atom. The highest BCUT2D eigenvalue weighted by molar-refractivity contribution is 6.01. The molecule has 1 aromatic rings. The lowest BCUT2D eigenvalue weighted by atomic mass is 9.98. The van der Waals surface area contributed by atoms with Gasteiger partial charge in [0.2, 0.25) is 0 Å². The van der Waals surface area contributed by atoms with Crippen LogP contribution in [0.2, 0.25) is 0 Å². The summed E-state index contributed by atoms with van der Waals surface area (Å²) in [6, 6.07) is 2.51. The van der Waals surface area contributed by atoms with Crippen molar-refractivity contribution in [2.75, 3.05) is 0 Å². The molecule has 0 atom stereocenters. The maximum Gasteiger partial charge on any atom is 0.172 e. The lowest BCUT2D eigenvalue weighted by molar-refractivity contribution is 0.0936. The molecule has 1 nitrogen and oxygen atoms in total. The van der Waals surface area contributed by atoms with E-state index in [1.54, 1.807) is 0 Å². The fourth-order valence-electron chi connectivity index (χ4n) is 2.88. The summed E-state index contributed by atoms with van der Waals surface area (Å²) in [6.45, 7) is 9.37. The van der Waals surface area contributed by atoms with E-state index in [4.69, 9.17) is 0 Å². The van der Waals surface area contributed by atoms with Gasteiger partial charge in [-0.25, -0.2) is 8.78 Å². The minimum Gasteiger partial charge on any atom is -0.294 e. The average molecular weight is 252 g/mol. The Kier molecular flexibility index (Phi) is 2.66. The van der Waals surface area contributed by atoms with E-state index in [0.29, 0.717) is 5.56 Å². The van der Waals surface area contributed by atoms with Crippen molar-refractivity contribution in [3.8, 4) is 0 Å². The standard InChI is InChI=1S/C15H18F2O/c1-8-6-7-9(16)10(11(8)17)12(18)13-14(2,3)15(13,4)5/h6-7,13H,1-5H3. The molecular weight excluding hydrogens is 234 g/mol. The van der Waals surface area contributed by atoms with Crippen molar-refractivity contribution in [2.24, 2.45) is 16.7 Å². The van der Waals surface area contributed by atoms with Crippen molar-refractivity contribution in [3.05, 3.63) is 34.9 Å². The number of halogens is 2. The molecule has 0 spiro atoms. The van der Waals surface area contributed by atoms with Crippen molar-refractivity contribution in [2.45, 2.75) is 34.6 Å². The zero-order valence-electron chi connectivity index (χ0n) is 11.4. The second kappa shape index (κ2) is 3.62. The molecule has 0 bridgehead atoms. The van der Waals surface area contributed by atoms with Crippen LogP contribution in [0.3, 0.4) is 0 Å². The van der Waals surface area contributed by atoms with Gasteiger partial charge in [-0.1, -0.05) is 33.8 Å². The molecule has 1 aliphatic rings. The summed E-state index contributed by atoms with van der Waals surface area (Å²) in [4.78, 5) is 12.4. The van der Waals surface area contributed by atoms with Crippen molar-refractivity contribution in [3.63, 3.8) is 0 Å². The van der Waals surface area contributed by atoms with Gasteiger partial charge in [0.15, 0.2) is 5.78 Å². The summed E-state index contributed by atoms with van der Waals surface area (Å²) >= 11 is 0. The number of aryl methyl sites for hydroxylation is 1. The first kappa shape index (κ1) is 13.2. The molecule has 0 aromatic heterocycles. The quantitative estimate of drug-likeness (QED) is 0.723. The van der Waals surface area contributed by atoms with Crippen LogP contribution in [-0.4, -0.2) is 5.78 Å². The Morgan fingerprint density at radius 3 is 2.06 bits per heavy atom. The summed E-state index contributed by atoms with van der Waals surface area (Å²) in [7, 11) is 0. The number of carbonyl (C=O) groups excluding carboxylic acids is 1. The van der Waals surface area contributed by atoms with Crippen molar-refractivity contribution < 1.29 is 13.6 Å². The number of ketones is 1. The van der Waals surface area contributed by atoms with Crippen LogP contribution in [0.4, 0.5) is 8.78 Å². The van der Waals surface area contributed by atoms with Crippen LogP contribution in [0.25, 0.3) is 0 Å². The molecule has 98 valence electrons. The van der Waals surface area contributed by atoms with Gasteiger partial charge in [0.25, 0.3) is 0 Å². The highest BCUT2D eigenvalue weighted by atomic mass is 19.1. The predicted molar refractivity (Wildman–Crippen MR) is 66.5 cm³/mol. The molecule has 18 heavy (non-hydrogen) atoms. The lowest BCUT2D eigenvalue weighted by Crippen LogP contribution is -2.13. The summed E-state index contributed by atoms with van der Waals surface area (Å²) in [5.41, 5.74) is -0.506. The monoisotopic (exact) mass is 252 g/mol. The second-order valence-electron chi connectivity index (χ2n) is 6.29. The van der Waals surface area contributed by atoms with Gasteiger partial charge < -0.3 is 0 Å². The molecule has 0 radical (unpaired) electrons. The Bertz CT molecular complexity index is 516. The molecule has 1 aromatic carbocycles. The van der Waals surface area contributed by atoms with Crippen LogP contribution < -0.4 is 0 Å². The third-order valence-electron chi connectivity index (χ3n) is 4.81. The Balaban J connectivity index is 2.47. The topological polar surface area (TPSA) is 17.1 Å². The maximum atomic E-state index is 13.9. The van der Waals surface area contributed by atoms with E-state index in [0.717, 1.165) is 6.07 Å². The fraction of sp³-hybridized carbons (Fsp3) is 0.533. The molecule has 0 aliphatic heterocycles. The first-order chi connectivity index (χ1) is 8.12. The van der Waals surface area contributed by atoms with E-state index >= 15 is 0 Å². The van der Waals surface area contributed by atoms with Crippen molar-refractivity contribution >= 4 is 5.78 Å². The highest BCUT2D eigenvalue weighted by Crippen LogP contribution is 2.69. The van der Waals surface area contributed by atoms with E-state index in [2.05, 4.69) is 0 Å². The van der Waals surface area contributed by atoms with Gasteiger partial charge in [0.1, 0.15) is 11.6 Å². The average Bonchev–Trinajstić information content (AvgIpc) is 2.64. The number of hydrogen-bond donors (Lipinski definition) is 0. The molecular formula is C15H18F2O. The summed E-state index contributed by atoms with van der Waals surface area (Å²) in [6.07, 6.45) is 0. The minimum atomic E-state index is -0.762. The zero-order valence-corrected chi connectivity index (χ0v) is 11.4. The summed E-state index contributed by atoms with van der Waals surface area (Å²) in [5, 5.41) is 0. The molecule has 0 saturated heterocycles. The number of rotatable bonds is 2. The summed E-state index contributed by atoms with van der Waals surface area (Å²) in [5.74, 6) is -2.22. The number of hydrogen-bond acceptors (Lipinski definition) is 1. The molecule has 3 heteroatoms. The van der Waals surface area contributed by atoms with Crippen LogP contribution in [0, 0.1) is 35.3 Å². The molecule has 1 aliphatic carbocycles. The lowest BCUT2D eigenvalue weighted by Gasteiger charge is -2.07.